The molecule has 0 bridgehead atoms. The minimum atomic E-state index is 0.559. The molecule has 2 aliphatic rings. The summed E-state index contributed by atoms with van der Waals surface area (Å²) in [4.78, 5) is 0. The largest absolute Gasteiger partial charge is 0.497 e. The van der Waals surface area contributed by atoms with Gasteiger partial charge in [-0.05, 0) is 54.7 Å². The molecule has 2 nitrogen and oxygen atoms in total. The number of rotatable bonds is 3. The Kier molecular flexibility index (Phi) is 3.80. The van der Waals surface area contributed by atoms with Gasteiger partial charge >= 0.3 is 0 Å². The second kappa shape index (κ2) is 5.54. The van der Waals surface area contributed by atoms with Gasteiger partial charge in [-0.3, -0.25) is 0 Å². The molecular formula is C15H21NOS. The van der Waals surface area contributed by atoms with Gasteiger partial charge in [0, 0.05) is 17.8 Å². The summed E-state index contributed by atoms with van der Waals surface area (Å²) in [6.45, 7) is 0. The van der Waals surface area contributed by atoms with Crippen LogP contribution in [-0.4, -0.2) is 24.7 Å². The molecule has 1 aromatic carbocycles. The molecule has 0 radical (unpaired) electrons. The maximum Gasteiger partial charge on any atom is 0.119 e. The van der Waals surface area contributed by atoms with E-state index in [4.69, 9.17) is 4.74 Å². The average molecular weight is 263 g/mol. The Bertz CT molecular complexity index is 415. The molecule has 18 heavy (non-hydrogen) atoms. The normalized spacial score (nSPS) is 26.9. The molecule has 1 saturated heterocycles. The number of hydrogen-bond acceptors (Lipinski definition) is 3. The highest BCUT2D eigenvalue weighted by molar-refractivity contribution is 7.99. The van der Waals surface area contributed by atoms with E-state index < -0.39 is 0 Å². The van der Waals surface area contributed by atoms with Crippen LogP contribution in [0.4, 0.5) is 0 Å². The molecule has 3 heteroatoms. The van der Waals surface area contributed by atoms with Gasteiger partial charge in [0.1, 0.15) is 5.75 Å². The third kappa shape index (κ3) is 2.52. The van der Waals surface area contributed by atoms with E-state index in [0.717, 1.165) is 5.75 Å². The number of fused-ring (bicyclic) bond motifs is 1. The van der Waals surface area contributed by atoms with Crippen LogP contribution in [0.3, 0.4) is 0 Å². The van der Waals surface area contributed by atoms with Crippen LogP contribution >= 0.6 is 11.8 Å². The zero-order valence-electron chi connectivity index (χ0n) is 10.9. The van der Waals surface area contributed by atoms with E-state index in [0.29, 0.717) is 12.1 Å². The van der Waals surface area contributed by atoms with E-state index >= 15 is 0 Å². The Labute approximate surface area is 113 Å². The number of ether oxygens (including phenoxy) is 1. The Hall–Kier alpha value is -0.670. The topological polar surface area (TPSA) is 21.3 Å². The lowest BCUT2D eigenvalue weighted by atomic mass is 9.87. The lowest BCUT2D eigenvalue weighted by Crippen LogP contribution is -2.34. The summed E-state index contributed by atoms with van der Waals surface area (Å²) < 4.78 is 5.33. The first-order valence-electron chi connectivity index (χ1n) is 6.87. The predicted octanol–water partition coefficient (Wildman–Crippen LogP) is 3.17. The summed E-state index contributed by atoms with van der Waals surface area (Å²) in [6, 6.07) is 7.85. The third-order valence-electron chi connectivity index (χ3n) is 4.03. The minimum absolute atomic E-state index is 0.559. The SMILES string of the molecule is COc1ccc2c(c1)CCCC2NC1CCSC1. The van der Waals surface area contributed by atoms with Crippen molar-refractivity contribution in [1.82, 2.24) is 5.32 Å². The molecule has 2 atom stereocenters. The number of benzene rings is 1. The summed E-state index contributed by atoms with van der Waals surface area (Å²) in [5.41, 5.74) is 2.97. The molecule has 1 heterocycles. The number of methoxy groups -OCH3 is 1. The van der Waals surface area contributed by atoms with Gasteiger partial charge in [0.2, 0.25) is 0 Å². The van der Waals surface area contributed by atoms with Crippen LogP contribution in [0.15, 0.2) is 18.2 Å². The van der Waals surface area contributed by atoms with Gasteiger partial charge in [-0.1, -0.05) is 6.07 Å². The monoisotopic (exact) mass is 263 g/mol. The van der Waals surface area contributed by atoms with Crippen molar-refractivity contribution < 1.29 is 4.74 Å². The molecule has 1 N–H and O–H groups in total. The van der Waals surface area contributed by atoms with Crippen LogP contribution in [0.25, 0.3) is 0 Å². The van der Waals surface area contributed by atoms with Crippen LogP contribution in [0.2, 0.25) is 0 Å². The van der Waals surface area contributed by atoms with E-state index in [-0.39, 0.29) is 0 Å². The van der Waals surface area contributed by atoms with Crippen LogP contribution in [-0.2, 0) is 6.42 Å². The van der Waals surface area contributed by atoms with Crippen molar-refractivity contribution in [3.8, 4) is 5.75 Å². The van der Waals surface area contributed by atoms with Crippen molar-refractivity contribution in [3.63, 3.8) is 0 Å². The fourth-order valence-corrected chi connectivity index (χ4v) is 4.21. The van der Waals surface area contributed by atoms with Gasteiger partial charge in [0.25, 0.3) is 0 Å². The highest BCUT2D eigenvalue weighted by atomic mass is 32.2. The Morgan fingerprint density at radius 2 is 2.28 bits per heavy atom. The Balaban J connectivity index is 1.78. The fraction of sp³-hybridized carbons (Fsp3) is 0.600. The molecule has 2 unspecified atom stereocenters. The van der Waals surface area contributed by atoms with E-state index in [9.17, 15) is 0 Å². The van der Waals surface area contributed by atoms with Crippen LogP contribution in [0.1, 0.15) is 36.4 Å². The summed E-state index contributed by atoms with van der Waals surface area (Å²) in [5, 5.41) is 3.85. The van der Waals surface area contributed by atoms with Gasteiger partial charge in [0.05, 0.1) is 7.11 Å². The maximum atomic E-state index is 5.33. The van der Waals surface area contributed by atoms with Gasteiger partial charge in [-0.15, -0.1) is 0 Å². The maximum absolute atomic E-state index is 5.33. The molecule has 0 amide bonds. The van der Waals surface area contributed by atoms with Crippen molar-refractivity contribution in [1.29, 1.82) is 0 Å². The van der Waals surface area contributed by atoms with E-state index in [1.165, 1.54) is 48.3 Å². The lowest BCUT2D eigenvalue weighted by molar-refractivity contribution is 0.401. The highest BCUT2D eigenvalue weighted by Gasteiger charge is 2.24. The molecule has 1 aromatic rings. The summed E-state index contributed by atoms with van der Waals surface area (Å²) in [7, 11) is 1.75. The molecule has 1 aliphatic carbocycles. The number of hydrogen-bond donors (Lipinski definition) is 1. The molecule has 1 aliphatic heterocycles. The van der Waals surface area contributed by atoms with Crippen molar-refractivity contribution in [2.75, 3.05) is 18.6 Å². The lowest BCUT2D eigenvalue weighted by Gasteiger charge is -2.29. The van der Waals surface area contributed by atoms with Crippen molar-refractivity contribution in [3.05, 3.63) is 29.3 Å². The Morgan fingerprint density at radius 3 is 3.06 bits per heavy atom. The molecule has 0 aromatic heterocycles. The zero-order valence-corrected chi connectivity index (χ0v) is 11.8. The van der Waals surface area contributed by atoms with Crippen LogP contribution in [0.5, 0.6) is 5.75 Å². The van der Waals surface area contributed by atoms with E-state index in [1.54, 1.807) is 7.11 Å². The van der Waals surface area contributed by atoms with Gasteiger partial charge in [-0.2, -0.15) is 11.8 Å². The van der Waals surface area contributed by atoms with Crippen LogP contribution < -0.4 is 10.1 Å². The first-order chi connectivity index (χ1) is 8.86. The summed E-state index contributed by atoms with van der Waals surface area (Å²) >= 11 is 2.08. The standard InChI is InChI=1S/C15H21NOS/c1-17-13-5-6-14-11(9-13)3-2-4-15(14)16-12-7-8-18-10-12/h5-6,9,12,15-16H,2-4,7-8,10H2,1H3. The summed E-state index contributed by atoms with van der Waals surface area (Å²) in [5.74, 6) is 3.59. The number of aryl methyl sites for hydroxylation is 1. The molecule has 3 rings (SSSR count). The first-order valence-corrected chi connectivity index (χ1v) is 8.03. The smallest absolute Gasteiger partial charge is 0.119 e. The van der Waals surface area contributed by atoms with Gasteiger partial charge in [0.15, 0.2) is 0 Å². The summed E-state index contributed by atoms with van der Waals surface area (Å²) in [6.07, 6.45) is 5.09. The number of thioether (sulfide) groups is 1. The van der Waals surface area contributed by atoms with E-state index in [1.807, 2.05) is 0 Å². The molecule has 0 spiro atoms. The van der Waals surface area contributed by atoms with Crippen molar-refractivity contribution >= 4 is 11.8 Å². The quantitative estimate of drug-likeness (QED) is 0.905. The van der Waals surface area contributed by atoms with Gasteiger partial charge in [-0.25, -0.2) is 0 Å². The predicted molar refractivity (Wildman–Crippen MR) is 77.5 cm³/mol. The zero-order chi connectivity index (χ0) is 12.4. The molecular weight excluding hydrogens is 242 g/mol. The molecule has 98 valence electrons. The fourth-order valence-electron chi connectivity index (χ4n) is 3.04. The highest BCUT2D eigenvalue weighted by Crippen LogP contribution is 2.33. The third-order valence-corrected chi connectivity index (χ3v) is 5.19. The second-order valence-corrected chi connectivity index (χ2v) is 6.39. The number of nitrogens with one attached hydrogen (secondary N) is 1. The molecule has 1 fully saturated rings. The Morgan fingerprint density at radius 1 is 1.33 bits per heavy atom. The van der Waals surface area contributed by atoms with Crippen LogP contribution in [0, 0.1) is 0 Å². The van der Waals surface area contributed by atoms with Crippen molar-refractivity contribution in [2.24, 2.45) is 0 Å². The van der Waals surface area contributed by atoms with Crippen molar-refractivity contribution in [2.45, 2.75) is 37.8 Å². The van der Waals surface area contributed by atoms with E-state index in [2.05, 4.69) is 35.3 Å². The van der Waals surface area contributed by atoms with Gasteiger partial charge < -0.3 is 10.1 Å². The first kappa shape index (κ1) is 12.4. The minimum Gasteiger partial charge on any atom is -0.497 e. The second-order valence-electron chi connectivity index (χ2n) is 5.24. The average Bonchev–Trinajstić information content (AvgIpc) is 2.91. The molecule has 0 saturated carbocycles.